The van der Waals surface area contributed by atoms with Crippen molar-refractivity contribution in [3.8, 4) is 6.07 Å². The molecule has 1 aromatic heterocycles. The topological polar surface area (TPSA) is 78.2 Å². The molecule has 1 atom stereocenters. The lowest BCUT2D eigenvalue weighted by Crippen LogP contribution is -2.26. The van der Waals surface area contributed by atoms with Gasteiger partial charge in [0.25, 0.3) is 0 Å². The number of rotatable bonds is 2. The van der Waals surface area contributed by atoms with E-state index in [1.54, 1.807) is 19.2 Å². The molecule has 0 aliphatic carbocycles. The molecule has 1 aliphatic rings. The molecule has 0 amide bonds. The molecule has 0 radical (unpaired) electrons. The molecule has 5 nitrogen and oxygen atoms in total. The van der Waals surface area contributed by atoms with Crippen LogP contribution >= 0.6 is 0 Å². The number of aliphatic imine (C=N–C) groups is 1. The highest BCUT2D eigenvalue weighted by atomic mass is 16.5. The van der Waals surface area contributed by atoms with Crippen molar-refractivity contribution in [2.45, 2.75) is 19.4 Å². The Morgan fingerprint density at radius 1 is 1.60 bits per heavy atom. The lowest BCUT2D eigenvalue weighted by atomic mass is 9.98. The highest BCUT2D eigenvalue weighted by Gasteiger charge is 2.26. The van der Waals surface area contributed by atoms with Crippen molar-refractivity contribution < 1.29 is 9.53 Å². The van der Waals surface area contributed by atoms with E-state index in [1.807, 2.05) is 12.1 Å². The van der Waals surface area contributed by atoms with E-state index < -0.39 is 6.04 Å². The van der Waals surface area contributed by atoms with Crippen LogP contribution in [0.2, 0.25) is 0 Å². The summed E-state index contributed by atoms with van der Waals surface area (Å²) in [6, 6.07) is 7.21. The lowest BCUT2D eigenvalue weighted by Gasteiger charge is -2.15. The van der Waals surface area contributed by atoms with Gasteiger partial charge in [-0.05, 0) is 24.6 Å². The summed E-state index contributed by atoms with van der Waals surface area (Å²) in [4.78, 5) is 19.3. The van der Waals surface area contributed by atoms with Gasteiger partial charge in [0.2, 0.25) is 0 Å². The van der Waals surface area contributed by atoms with Gasteiger partial charge in [0.1, 0.15) is 0 Å². The number of esters is 1. The minimum Gasteiger partial charge on any atom is -0.464 e. The van der Waals surface area contributed by atoms with Crippen molar-refractivity contribution in [1.29, 1.82) is 5.26 Å². The number of hydrogen-bond donors (Lipinski definition) is 1. The monoisotopic (exact) mass is 267 g/mol. The van der Waals surface area contributed by atoms with E-state index in [9.17, 15) is 10.1 Å². The number of aromatic amines is 1. The summed E-state index contributed by atoms with van der Waals surface area (Å²) >= 11 is 0. The highest BCUT2D eigenvalue weighted by Crippen LogP contribution is 2.29. The molecule has 1 aliphatic heterocycles. The van der Waals surface area contributed by atoms with Gasteiger partial charge < -0.3 is 9.72 Å². The first kappa shape index (κ1) is 12.4. The molecule has 2 aromatic rings. The second-order valence-corrected chi connectivity index (χ2v) is 4.61. The molecule has 0 saturated heterocycles. The second-order valence-electron chi connectivity index (χ2n) is 4.61. The second kappa shape index (κ2) is 4.82. The van der Waals surface area contributed by atoms with Crippen LogP contribution in [0, 0.1) is 11.3 Å². The smallest absolute Gasteiger partial charge is 0.331 e. The number of nitrogens with one attached hydrogen (secondary N) is 1. The number of benzene rings is 1. The standard InChI is InChI=1S/C15H13N3O2/c1-2-20-15(19)12-6-10-13(8-17-12)18-11-5-3-4-9(7-16)14(10)11/h3-5,8,12,18H,2,6H2,1H3. The third-order valence-electron chi connectivity index (χ3n) is 3.42. The predicted octanol–water partition coefficient (Wildman–Crippen LogP) is 1.95. The molecule has 1 unspecified atom stereocenters. The summed E-state index contributed by atoms with van der Waals surface area (Å²) in [5.41, 5.74) is 3.33. The molecule has 5 heteroatoms. The molecule has 0 fully saturated rings. The van der Waals surface area contributed by atoms with E-state index in [0.717, 1.165) is 22.2 Å². The van der Waals surface area contributed by atoms with Gasteiger partial charge in [-0.25, -0.2) is 4.79 Å². The fourth-order valence-electron chi connectivity index (χ4n) is 2.55. The van der Waals surface area contributed by atoms with Crippen molar-refractivity contribution in [2.24, 2.45) is 4.99 Å². The van der Waals surface area contributed by atoms with Gasteiger partial charge in [0.05, 0.1) is 23.9 Å². The fourth-order valence-corrected chi connectivity index (χ4v) is 2.55. The Morgan fingerprint density at radius 2 is 2.45 bits per heavy atom. The van der Waals surface area contributed by atoms with Gasteiger partial charge in [-0.3, -0.25) is 4.99 Å². The first-order valence-electron chi connectivity index (χ1n) is 6.48. The van der Waals surface area contributed by atoms with Gasteiger partial charge >= 0.3 is 5.97 Å². The van der Waals surface area contributed by atoms with Crippen LogP contribution < -0.4 is 0 Å². The molecule has 0 spiro atoms. The average molecular weight is 267 g/mol. The molecule has 1 N–H and O–H groups in total. The Labute approximate surface area is 115 Å². The van der Waals surface area contributed by atoms with E-state index in [0.29, 0.717) is 18.6 Å². The van der Waals surface area contributed by atoms with Gasteiger partial charge in [0.15, 0.2) is 6.04 Å². The molecule has 20 heavy (non-hydrogen) atoms. The molecular formula is C15H13N3O2. The minimum absolute atomic E-state index is 0.321. The predicted molar refractivity (Wildman–Crippen MR) is 74.7 cm³/mol. The van der Waals surface area contributed by atoms with Crippen LogP contribution in [0.1, 0.15) is 23.7 Å². The van der Waals surface area contributed by atoms with Crippen LogP contribution in [0.3, 0.4) is 0 Å². The number of aromatic nitrogens is 1. The molecular weight excluding hydrogens is 254 g/mol. The molecule has 100 valence electrons. The number of carbonyl (C=O) groups excluding carboxylic acids is 1. The quantitative estimate of drug-likeness (QED) is 0.845. The van der Waals surface area contributed by atoms with Crippen LogP contribution in [0.4, 0.5) is 0 Å². The number of carbonyl (C=O) groups is 1. The zero-order chi connectivity index (χ0) is 14.1. The molecule has 0 saturated carbocycles. The Kier molecular flexibility index (Phi) is 2.99. The number of fused-ring (bicyclic) bond motifs is 3. The minimum atomic E-state index is -0.520. The van der Waals surface area contributed by atoms with Crippen LogP contribution in [0.5, 0.6) is 0 Å². The van der Waals surface area contributed by atoms with Crippen molar-refractivity contribution >= 4 is 23.1 Å². The summed E-state index contributed by atoms with van der Waals surface area (Å²) in [6.07, 6.45) is 2.12. The Bertz CT molecular complexity index is 752. The normalized spacial score (nSPS) is 16.7. The third kappa shape index (κ3) is 1.86. The average Bonchev–Trinajstić information content (AvgIpc) is 2.85. The van der Waals surface area contributed by atoms with Gasteiger partial charge in [0, 0.05) is 23.5 Å². The summed E-state index contributed by atoms with van der Waals surface area (Å²) in [5.74, 6) is -0.321. The number of hydrogen-bond acceptors (Lipinski definition) is 4. The number of H-pyrrole nitrogens is 1. The van der Waals surface area contributed by atoms with E-state index in [4.69, 9.17) is 4.74 Å². The third-order valence-corrected chi connectivity index (χ3v) is 3.42. The van der Waals surface area contributed by atoms with Crippen LogP contribution in [-0.2, 0) is 16.0 Å². The van der Waals surface area contributed by atoms with Crippen molar-refractivity contribution in [3.63, 3.8) is 0 Å². The zero-order valence-corrected chi connectivity index (χ0v) is 11.0. The largest absolute Gasteiger partial charge is 0.464 e. The van der Waals surface area contributed by atoms with E-state index in [-0.39, 0.29) is 5.97 Å². The van der Waals surface area contributed by atoms with Gasteiger partial charge in [-0.2, -0.15) is 5.26 Å². The van der Waals surface area contributed by atoms with E-state index in [1.165, 1.54) is 0 Å². The first-order valence-corrected chi connectivity index (χ1v) is 6.48. The van der Waals surface area contributed by atoms with Crippen LogP contribution in [-0.4, -0.2) is 29.8 Å². The Balaban J connectivity index is 2.08. The van der Waals surface area contributed by atoms with Gasteiger partial charge in [-0.15, -0.1) is 0 Å². The summed E-state index contributed by atoms with van der Waals surface area (Å²) in [7, 11) is 0. The van der Waals surface area contributed by atoms with E-state index in [2.05, 4.69) is 16.0 Å². The maximum absolute atomic E-state index is 11.8. The molecule has 0 bridgehead atoms. The van der Waals surface area contributed by atoms with Gasteiger partial charge in [-0.1, -0.05) is 6.07 Å². The first-order chi connectivity index (χ1) is 9.74. The maximum atomic E-state index is 11.8. The zero-order valence-electron chi connectivity index (χ0n) is 11.0. The SMILES string of the molecule is CCOC(=O)C1Cc2c([nH]c3cccc(C#N)c23)C=N1. The van der Waals surface area contributed by atoms with Crippen LogP contribution in [0.25, 0.3) is 10.9 Å². The maximum Gasteiger partial charge on any atom is 0.331 e. The summed E-state index contributed by atoms with van der Waals surface area (Å²) in [6.45, 7) is 2.12. The van der Waals surface area contributed by atoms with Crippen LogP contribution in [0.15, 0.2) is 23.2 Å². The fraction of sp³-hybridized carbons (Fsp3) is 0.267. The molecule has 2 heterocycles. The summed E-state index contributed by atoms with van der Waals surface area (Å²) < 4.78 is 5.01. The number of nitrogens with zero attached hydrogens (tertiary/aromatic N) is 2. The van der Waals surface area contributed by atoms with E-state index >= 15 is 0 Å². The number of nitriles is 1. The lowest BCUT2D eigenvalue weighted by molar-refractivity contribution is -0.144. The molecule has 3 rings (SSSR count). The highest BCUT2D eigenvalue weighted by molar-refractivity contribution is 5.99. The van der Waals surface area contributed by atoms with Crippen molar-refractivity contribution in [3.05, 3.63) is 35.0 Å². The number of ether oxygens (including phenoxy) is 1. The van der Waals surface area contributed by atoms with Crippen molar-refractivity contribution in [2.75, 3.05) is 6.61 Å². The Hall–Kier alpha value is -2.61. The summed E-state index contributed by atoms with van der Waals surface area (Å²) in [5, 5.41) is 10.1. The Morgan fingerprint density at radius 3 is 3.20 bits per heavy atom. The van der Waals surface area contributed by atoms with Crippen molar-refractivity contribution in [1.82, 2.24) is 4.98 Å². The molecule has 1 aromatic carbocycles.